The van der Waals surface area contributed by atoms with Crippen LogP contribution < -0.4 is 0 Å². The molecule has 92 valence electrons. The number of thiol groups is 1. The summed E-state index contributed by atoms with van der Waals surface area (Å²) in [4.78, 5) is 23.2. The summed E-state index contributed by atoms with van der Waals surface area (Å²) in [5.41, 5.74) is 0. The van der Waals surface area contributed by atoms with Crippen LogP contribution in [-0.4, -0.2) is 46.1 Å². The molecule has 0 spiro atoms. The zero-order valence-electron chi connectivity index (χ0n) is 8.69. The van der Waals surface area contributed by atoms with Gasteiger partial charge in [0.1, 0.15) is 6.04 Å². The monoisotopic (exact) mass is 253 g/mol. The third kappa shape index (κ3) is 2.63. The van der Waals surface area contributed by atoms with Crippen LogP contribution in [-0.2, 0) is 9.59 Å². The highest BCUT2D eigenvalue weighted by Gasteiger charge is 2.50. The van der Waals surface area contributed by atoms with E-state index in [4.69, 9.17) is 5.11 Å². The number of hydrogen-bond donors (Lipinski definition) is 2. The average molecular weight is 253 g/mol. The standard InChI is InChI=1S/C9H13F2NO3S/c1-5(3-16)7(13)12-4-9(10,11)2-6(12)8(14)15/h5-6,16H,2-4H2,1H3,(H,14,15)/t5?,6-/m0/s1. The Morgan fingerprint density at radius 2 is 2.19 bits per heavy atom. The molecule has 4 nitrogen and oxygen atoms in total. The van der Waals surface area contributed by atoms with Gasteiger partial charge < -0.3 is 10.0 Å². The minimum atomic E-state index is -3.12. The number of amides is 1. The highest BCUT2D eigenvalue weighted by molar-refractivity contribution is 7.80. The molecule has 1 amide bonds. The van der Waals surface area contributed by atoms with E-state index in [0.29, 0.717) is 0 Å². The summed E-state index contributed by atoms with van der Waals surface area (Å²) < 4.78 is 26.1. The normalized spacial score (nSPS) is 25.5. The molecule has 0 bridgehead atoms. The summed E-state index contributed by atoms with van der Waals surface area (Å²) >= 11 is 3.89. The number of alkyl halides is 2. The van der Waals surface area contributed by atoms with E-state index in [1.165, 1.54) is 6.92 Å². The quantitative estimate of drug-likeness (QED) is 0.734. The van der Waals surface area contributed by atoms with Crippen LogP contribution in [0.25, 0.3) is 0 Å². The van der Waals surface area contributed by atoms with Gasteiger partial charge in [0.15, 0.2) is 0 Å². The number of rotatable bonds is 3. The van der Waals surface area contributed by atoms with Crippen molar-refractivity contribution in [2.75, 3.05) is 12.3 Å². The Morgan fingerprint density at radius 3 is 2.62 bits per heavy atom. The number of carbonyl (C=O) groups is 2. The van der Waals surface area contributed by atoms with E-state index in [2.05, 4.69) is 12.6 Å². The first-order valence-corrected chi connectivity index (χ1v) is 5.43. The lowest BCUT2D eigenvalue weighted by Crippen LogP contribution is -2.43. The first-order chi connectivity index (χ1) is 7.28. The molecule has 2 atom stereocenters. The molecule has 1 saturated heterocycles. The molecule has 1 aliphatic heterocycles. The van der Waals surface area contributed by atoms with Crippen molar-refractivity contribution in [1.82, 2.24) is 4.90 Å². The molecule has 1 rings (SSSR count). The van der Waals surface area contributed by atoms with Gasteiger partial charge >= 0.3 is 5.97 Å². The van der Waals surface area contributed by atoms with E-state index in [9.17, 15) is 18.4 Å². The maximum atomic E-state index is 13.1. The third-order valence-corrected chi connectivity index (χ3v) is 3.08. The van der Waals surface area contributed by atoms with E-state index in [-0.39, 0.29) is 5.75 Å². The molecular formula is C9H13F2NO3S. The molecule has 0 aromatic rings. The minimum absolute atomic E-state index is 0.202. The van der Waals surface area contributed by atoms with E-state index >= 15 is 0 Å². The maximum absolute atomic E-state index is 13.1. The summed E-state index contributed by atoms with van der Waals surface area (Å²) in [5, 5.41) is 8.77. The zero-order chi connectivity index (χ0) is 12.5. The third-order valence-electron chi connectivity index (χ3n) is 2.53. The Balaban J connectivity index is 2.85. The fraction of sp³-hybridized carbons (Fsp3) is 0.778. The van der Waals surface area contributed by atoms with Crippen molar-refractivity contribution in [3.8, 4) is 0 Å². The van der Waals surface area contributed by atoms with Crippen LogP contribution in [0.2, 0.25) is 0 Å². The minimum Gasteiger partial charge on any atom is -0.480 e. The number of carboxylic acids is 1. The SMILES string of the molecule is CC(CS)C(=O)N1CC(F)(F)C[C@H]1C(=O)O. The van der Waals surface area contributed by atoms with Crippen molar-refractivity contribution in [3.63, 3.8) is 0 Å². The molecule has 0 saturated carbocycles. The largest absolute Gasteiger partial charge is 0.480 e. The molecule has 1 N–H and O–H groups in total. The van der Waals surface area contributed by atoms with Gasteiger partial charge in [-0.05, 0) is 0 Å². The molecule has 1 unspecified atom stereocenters. The van der Waals surface area contributed by atoms with Crippen molar-refractivity contribution < 1.29 is 23.5 Å². The van der Waals surface area contributed by atoms with Crippen molar-refractivity contribution in [2.45, 2.75) is 25.3 Å². The maximum Gasteiger partial charge on any atom is 0.326 e. The van der Waals surface area contributed by atoms with E-state index in [0.717, 1.165) is 4.90 Å². The second kappa shape index (κ2) is 4.57. The van der Waals surface area contributed by atoms with Crippen LogP contribution in [0.15, 0.2) is 0 Å². The van der Waals surface area contributed by atoms with Gasteiger partial charge in [0.2, 0.25) is 5.91 Å². The van der Waals surface area contributed by atoms with E-state index in [1.807, 2.05) is 0 Å². The van der Waals surface area contributed by atoms with Crippen molar-refractivity contribution in [3.05, 3.63) is 0 Å². The van der Waals surface area contributed by atoms with Gasteiger partial charge in [0, 0.05) is 18.1 Å². The second-order valence-electron chi connectivity index (χ2n) is 3.96. The number of likely N-dealkylation sites (tertiary alicyclic amines) is 1. The van der Waals surface area contributed by atoms with Gasteiger partial charge in [0.25, 0.3) is 5.92 Å². The highest BCUT2D eigenvalue weighted by atomic mass is 32.1. The number of halogens is 2. The smallest absolute Gasteiger partial charge is 0.326 e. The lowest BCUT2D eigenvalue weighted by Gasteiger charge is -2.23. The molecule has 0 aliphatic carbocycles. The number of carboxylic acid groups (broad SMARTS) is 1. The van der Waals surface area contributed by atoms with Crippen LogP contribution in [0.1, 0.15) is 13.3 Å². The Kier molecular flexibility index (Phi) is 3.77. The fourth-order valence-corrected chi connectivity index (χ4v) is 1.79. The molecule has 1 fully saturated rings. The summed E-state index contributed by atoms with van der Waals surface area (Å²) in [6.45, 7) is 0.714. The molecular weight excluding hydrogens is 240 g/mol. The Bertz CT molecular complexity index is 311. The van der Waals surface area contributed by atoms with Gasteiger partial charge in [0.05, 0.1) is 6.54 Å². The van der Waals surface area contributed by atoms with E-state index < -0.39 is 42.7 Å². The first-order valence-electron chi connectivity index (χ1n) is 4.80. The summed E-state index contributed by atoms with van der Waals surface area (Å²) in [5.74, 6) is -5.45. The first kappa shape index (κ1) is 13.2. The van der Waals surface area contributed by atoms with Gasteiger partial charge in [-0.2, -0.15) is 12.6 Å². The van der Waals surface area contributed by atoms with Gasteiger partial charge in [-0.1, -0.05) is 6.92 Å². The second-order valence-corrected chi connectivity index (χ2v) is 4.33. The number of carbonyl (C=O) groups excluding carboxylic acids is 1. The Morgan fingerprint density at radius 1 is 1.62 bits per heavy atom. The Hall–Kier alpha value is -0.850. The Labute approximate surface area is 97.0 Å². The van der Waals surface area contributed by atoms with E-state index in [1.54, 1.807) is 0 Å². The van der Waals surface area contributed by atoms with Crippen LogP contribution in [0.3, 0.4) is 0 Å². The van der Waals surface area contributed by atoms with Gasteiger partial charge in [-0.25, -0.2) is 13.6 Å². The predicted molar refractivity (Wildman–Crippen MR) is 55.7 cm³/mol. The molecule has 1 heterocycles. The molecule has 16 heavy (non-hydrogen) atoms. The van der Waals surface area contributed by atoms with Crippen LogP contribution in [0, 0.1) is 5.92 Å². The number of hydrogen-bond acceptors (Lipinski definition) is 3. The molecule has 0 aromatic carbocycles. The fourth-order valence-electron chi connectivity index (χ4n) is 1.63. The summed E-state index contributed by atoms with van der Waals surface area (Å²) in [6.07, 6.45) is -0.812. The molecule has 7 heteroatoms. The highest BCUT2D eigenvalue weighted by Crippen LogP contribution is 2.33. The topological polar surface area (TPSA) is 57.6 Å². The van der Waals surface area contributed by atoms with Crippen molar-refractivity contribution in [2.24, 2.45) is 5.92 Å². The van der Waals surface area contributed by atoms with Crippen LogP contribution in [0.4, 0.5) is 8.78 Å². The molecule has 1 aliphatic rings. The number of aliphatic carboxylic acids is 1. The molecule has 0 radical (unpaired) electrons. The predicted octanol–water partition coefficient (Wildman–Crippen LogP) is 0.873. The lowest BCUT2D eigenvalue weighted by molar-refractivity contribution is -0.149. The van der Waals surface area contributed by atoms with Crippen LogP contribution in [0.5, 0.6) is 0 Å². The van der Waals surface area contributed by atoms with Crippen LogP contribution >= 0.6 is 12.6 Å². The average Bonchev–Trinajstić information content (AvgIpc) is 2.52. The van der Waals surface area contributed by atoms with Gasteiger partial charge in [-0.15, -0.1) is 0 Å². The number of nitrogens with zero attached hydrogens (tertiary/aromatic N) is 1. The lowest BCUT2D eigenvalue weighted by atomic mass is 10.1. The van der Waals surface area contributed by atoms with Crippen molar-refractivity contribution in [1.29, 1.82) is 0 Å². The summed E-state index contributed by atoms with van der Waals surface area (Å²) in [7, 11) is 0. The van der Waals surface area contributed by atoms with Crippen molar-refractivity contribution >= 4 is 24.5 Å². The zero-order valence-corrected chi connectivity index (χ0v) is 9.58. The van der Waals surface area contributed by atoms with Gasteiger partial charge in [-0.3, -0.25) is 4.79 Å². The molecule has 0 aromatic heterocycles. The summed E-state index contributed by atoms with van der Waals surface area (Å²) in [6, 6.07) is -1.43.